The fraction of sp³-hybridized carbons (Fsp3) is 0.429. The summed E-state index contributed by atoms with van der Waals surface area (Å²) in [5.74, 6) is 0.288. The Bertz CT molecular complexity index is 874. The number of carbonyl (C=O) groups excluding carboxylic acids is 2. The number of aromatic hydroxyl groups is 1. The maximum Gasteiger partial charge on any atom is 0.227 e. The van der Waals surface area contributed by atoms with Gasteiger partial charge in [-0.2, -0.15) is 0 Å². The molecule has 0 radical (unpaired) electrons. The maximum absolute atomic E-state index is 12.8. The van der Waals surface area contributed by atoms with Gasteiger partial charge in [-0.15, -0.1) is 0 Å². The summed E-state index contributed by atoms with van der Waals surface area (Å²) in [7, 11) is 2.09. The zero-order valence-corrected chi connectivity index (χ0v) is 15.6. The van der Waals surface area contributed by atoms with Gasteiger partial charge in [0.2, 0.25) is 5.91 Å². The van der Waals surface area contributed by atoms with Gasteiger partial charge in [-0.1, -0.05) is 12.1 Å². The van der Waals surface area contributed by atoms with Crippen molar-refractivity contribution in [1.82, 2.24) is 9.80 Å². The lowest BCUT2D eigenvalue weighted by Crippen LogP contribution is -2.49. The molecule has 1 amide bonds. The standard InChI is InChI=1S/C21H25N3O3/c1-22-8-10-23(11-9-22)21(27)16-6-7-24(13-16)17-4-2-15-3-5-20(26)19(14-25)18(15)12-17/h2-5,12,14,16,26H,6-11,13H2,1H3. The van der Waals surface area contributed by atoms with Crippen molar-refractivity contribution >= 4 is 28.7 Å². The molecule has 0 saturated carbocycles. The van der Waals surface area contributed by atoms with Crippen molar-refractivity contribution in [2.75, 3.05) is 51.2 Å². The number of phenols is 1. The molecule has 4 rings (SSSR count). The van der Waals surface area contributed by atoms with Gasteiger partial charge in [0.15, 0.2) is 6.29 Å². The number of amides is 1. The summed E-state index contributed by atoms with van der Waals surface area (Å²) in [5, 5.41) is 11.6. The Morgan fingerprint density at radius 3 is 2.59 bits per heavy atom. The van der Waals surface area contributed by atoms with Crippen molar-refractivity contribution in [3.63, 3.8) is 0 Å². The minimum Gasteiger partial charge on any atom is -0.507 e. The van der Waals surface area contributed by atoms with Crippen LogP contribution in [0.25, 0.3) is 10.8 Å². The molecule has 2 aliphatic heterocycles. The first-order valence-electron chi connectivity index (χ1n) is 9.50. The molecule has 2 saturated heterocycles. The molecule has 0 spiro atoms. The highest BCUT2D eigenvalue weighted by Gasteiger charge is 2.32. The van der Waals surface area contributed by atoms with Crippen LogP contribution in [0.5, 0.6) is 5.75 Å². The molecule has 0 aliphatic carbocycles. The fourth-order valence-electron chi connectivity index (χ4n) is 4.12. The van der Waals surface area contributed by atoms with Crippen molar-refractivity contribution in [2.24, 2.45) is 5.92 Å². The average Bonchev–Trinajstić information content (AvgIpc) is 3.18. The molecule has 1 atom stereocenters. The third-order valence-electron chi connectivity index (χ3n) is 5.86. The van der Waals surface area contributed by atoms with Crippen molar-refractivity contribution < 1.29 is 14.7 Å². The van der Waals surface area contributed by atoms with Crippen LogP contribution in [0.2, 0.25) is 0 Å². The summed E-state index contributed by atoms with van der Waals surface area (Å²) < 4.78 is 0. The zero-order chi connectivity index (χ0) is 19.0. The number of hydrogen-bond donors (Lipinski definition) is 1. The lowest BCUT2D eigenvalue weighted by atomic mass is 10.0. The predicted octanol–water partition coefficient (Wildman–Crippen LogP) is 1.96. The number of hydrogen-bond acceptors (Lipinski definition) is 5. The molecule has 2 heterocycles. The first-order chi connectivity index (χ1) is 13.1. The van der Waals surface area contributed by atoms with Crippen LogP contribution < -0.4 is 4.90 Å². The molecular formula is C21H25N3O3. The van der Waals surface area contributed by atoms with E-state index in [2.05, 4.69) is 16.8 Å². The molecule has 27 heavy (non-hydrogen) atoms. The lowest BCUT2D eigenvalue weighted by Gasteiger charge is -2.34. The number of rotatable bonds is 3. The van der Waals surface area contributed by atoms with Gasteiger partial charge < -0.3 is 19.8 Å². The molecule has 2 aliphatic rings. The van der Waals surface area contributed by atoms with Crippen LogP contribution in [0.4, 0.5) is 5.69 Å². The Balaban J connectivity index is 1.52. The van der Waals surface area contributed by atoms with Crippen molar-refractivity contribution in [3.05, 3.63) is 35.9 Å². The second kappa shape index (κ2) is 7.19. The van der Waals surface area contributed by atoms with E-state index in [9.17, 15) is 14.7 Å². The first-order valence-corrected chi connectivity index (χ1v) is 9.50. The Kier molecular flexibility index (Phi) is 4.74. The van der Waals surface area contributed by atoms with Gasteiger partial charge >= 0.3 is 0 Å². The predicted molar refractivity (Wildman–Crippen MR) is 105 cm³/mol. The Morgan fingerprint density at radius 2 is 1.85 bits per heavy atom. The fourth-order valence-corrected chi connectivity index (χ4v) is 4.12. The highest BCUT2D eigenvalue weighted by Crippen LogP contribution is 2.32. The van der Waals surface area contributed by atoms with Gasteiger partial charge in [-0.3, -0.25) is 9.59 Å². The van der Waals surface area contributed by atoms with Gasteiger partial charge in [0.05, 0.1) is 11.5 Å². The quantitative estimate of drug-likeness (QED) is 0.841. The van der Waals surface area contributed by atoms with Crippen LogP contribution in [0.3, 0.4) is 0 Å². The van der Waals surface area contributed by atoms with E-state index in [0.29, 0.717) is 18.4 Å². The average molecular weight is 367 g/mol. The smallest absolute Gasteiger partial charge is 0.227 e. The largest absolute Gasteiger partial charge is 0.507 e. The number of benzene rings is 2. The molecule has 2 fully saturated rings. The van der Waals surface area contributed by atoms with E-state index >= 15 is 0 Å². The van der Waals surface area contributed by atoms with Gasteiger partial charge in [0.1, 0.15) is 5.75 Å². The molecule has 142 valence electrons. The molecule has 0 bridgehead atoms. The number of phenolic OH excluding ortho intramolecular Hbond substituents is 1. The number of anilines is 1. The number of likely N-dealkylation sites (N-methyl/N-ethyl adjacent to an activating group) is 1. The van der Waals surface area contributed by atoms with Gasteiger partial charge in [0, 0.05) is 45.0 Å². The van der Waals surface area contributed by atoms with E-state index in [1.807, 2.05) is 29.2 Å². The minimum absolute atomic E-state index is 0.000747. The van der Waals surface area contributed by atoms with Gasteiger partial charge in [0.25, 0.3) is 0 Å². The number of carbonyl (C=O) groups is 2. The SMILES string of the molecule is CN1CCN(C(=O)C2CCN(c3ccc4ccc(O)c(C=O)c4c3)C2)CC1. The summed E-state index contributed by atoms with van der Waals surface area (Å²) in [4.78, 5) is 30.7. The third-order valence-corrected chi connectivity index (χ3v) is 5.86. The van der Waals surface area contributed by atoms with Crippen molar-refractivity contribution in [2.45, 2.75) is 6.42 Å². The van der Waals surface area contributed by atoms with Crippen LogP contribution in [0, 0.1) is 5.92 Å². The molecule has 6 heteroatoms. The molecular weight excluding hydrogens is 342 g/mol. The molecule has 1 N–H and O–H groups in total. The van der Waals surface area contributed by atoms with Crippen molar-refractivity contribution in [1.29, 1.82) is 0 Å². The van der Waals surface area contributed by atoms with E-state index in [-0.39, 0.29) is 17.6 Å². The van der Waals surface area contributed by atoms with Crippen LogP contribution in [-0.4, -0.2) is 73.4 Å². The van der Waals surface area contributed by atoms with Gasteiger partial charge in [-0.25, -0.2) is 0 Å². The van der Waals surface area contributed by atoms with Crippen LogP contribution in [0.1, 0.15) is 16.8 Å². The van der Waals surface area contributed by atoms with Crippen LogP contribution >= 0.6 is 0 Å². The van der Waals surface area contributed by atoms with Crippen LogP contribution in [-0.2, 0) is 4.79 Å². The van der Waals surface area contributed by atoms with E-state index in [1.165, 1.54) is 0 Å². The molecule has 0 aromatic heterocycles. The zero-order valence-electron chi connectivity index (χ0n) is 15.6. The first kappa shape index (κ1) is 17.8. The summed E-state index contributed by atoms with van der Waals surface area (Å²) in [5.41, 5.74) is 1.31. The highest BCUT2D eigenvalue weighted by molar-refractivity contribution is 6.02. The van der Waals surface area contributed by atoms with E-state index < -0.39 is 0 Å². The number of piperazine rings is 1. The molecule has 1 unspecified atom stereocenters. The maximum atomic E-state index is 12.8. The molecule has 2 aromatic carbocycles. The second-order valence-electron chi connectivity index (χ2n) is 7.58. The highest BCUT2D eigenvalue weighted by atomic mass is 16.3. The normalized spacial score (nSPS) is 21.0. The molecule has 2 aromatic rings. The second-order valence-corrected chi connectivity index (χ2v) is 7.58. The van der Waals surface area contributed by atoms with Crippen molar-refractivity contribution in [3.8, 4) is 5.75 Å². The Morgan fingerprint density at radius 1 is 1.11 bits per heavy atom. The van der Waals surface area contributed by atoms with Crippen LogP contribution in [0.15, 0.2) is 30.3 Å². The van der Waals surface area contributed by atoms with E-state index in [0.717, 1.165) is 55.6 Å². The summed E-state index contributed by atoms with van der Waals surface area (Å²) in [6, 6.07) is 9.29. The lowest BCUT2D eigenvalue weighted by molar-refractivity contribution is -0.136. The number of fused-ring (bicyclic) bond motifs is 1. The summed E-state index contributed by atoms with van der Waals surface area (Å²) in [6.07, 6.45) is 1.55. The molecule has 6 nitrogen and oxygen atoms in total. The number of nitrogens with zero attached hydrogens (tertiary/aromatic N) is 3. The Labute approximate surface area is 159 Å². The Hall–Kier alpha value is -2.60. The summed E-state index contributed by atoms with van der Waals surface area (Å²) in [6.45, 7) is 5.01. The van der Waals surface area contributed by atoms with E-state index in [4.69, 9.17) is 0 Å². The minimum atomic E-state index is -0.000747. The topological polar surface area (TPSA) is 64.1 Å². The van der Waals surface area contributed by atoms with Gasteiger partial charge in [-0.05, 0) is 42.4 Å². The third kappa shape index (κ3) is 3.37. The summed E-state index contributed by atoms with van der Waals surface area (Å²) >= 11 is 0. The number of aldehydes is 1. The monoisotopic (exact) mass is 367 g/mol. The van der Waals surface area contributed by atoms with E-state index in [1.54, 1.807) is 6.07 Å².